The fraction of sp³-hybridized carbons (Fsp3) is 0.750. The summed E-state index contributed by atoms with van der Waals surface area (Å²) in [7, 11) is 0. The summed E-state index contributed by atoms with van der Waals surface area (Å²) in [4.78, 5) is 0. The number of nitrogens with zero attached hydrogens (tertiary/aromatic N) is 2. The van der Waals surface area contributed by atoms with Gasteiger partial charge in [-0.2, -0.15) is 5.10 Å². The Hall–Kier alpha value is -0.390. The predicted octanol–water partition coefficient (Wildman–Crippen LogP) is 2.65. The van der Waals surface area contributed by atoms with E-state index in [0.717, 1.165) is 23.2 Å². The molecule has 0 amide bonds. The number of halogens is 1. The minimum Gasteiger partial charge on any atom is -0.376 e. The van der Waals surface area contributed by atoms with Crippen molar-refractivity contribution in [3.05, 3.63) is 16.4 Å². The van der Waals surface area contributed by atoms with Gasteiger partial charge >= 0.3 is 0 Å². The molecule has 17 heavy (non-hydrogen) atoms. The Kier molecular flexibility index (Phi) is 3.90. The van der Waals surface area contributed by atoms with Crippen molar-refractivity contribution in [3.8, 4) is 0 Å². The van der Waals surface area contributed by atoms with Gasteiger partial charge in [0.2, 0.25) is 0 Å². The van der Waals surface area contributed by atoms with Crippen molar-refractivity contribution >= 4 is 15.9 Å². The molecule has 2 heterocycles. The van der Waals surface area contributed by atoms with Crippen LogP contribution in [-0.4, -0.2) is 22.5 Å². The maximum absolute atomic E-state index is 6.36. The van der Waals surface area contributed by atoms with Crippen molar-refractivity contribution in [2.75, 3.05) is 6.61 Å². The van der Waals surface area contributed by atoms with Crippen molar-refractivity contribution in [2.45, 2.75) is 45.4 Å². The number of ether oxygens (including phenoxy) is 1. The zero-order valence-electron chi connectivity index (χ0n) is 10.6. The molecule has 1 aliphatic heterocycles. The summed E-state index contributed by atoms with van der Waals surface area (Å²) in [5, 5.41) is 4.37. The first kappa shape index (κ1) is 13.1. The first-order chi connectivity index (χ1) is 8.02. The Morgan fingerprint density at radius 2 is 2.29 bits per heavy atom. The van der Waals surface area contributed by atoms with E-state index in [1.165, 1.54) is 0 Å². The van der Waals surface area contributed by atoms with Crippen LogP contribution in [0.2, 0.25) is 0 Å². The highest BCUT2D eigenvalue weighted by Gasteiger charge is 2.34. The second kappa shape index (κ2) is 5.08. The lowest BCUT2D eigenvalue weighted by atomic mass is 9.96. The third-order valence-corrected chi connectivity index (χ3v) is 4.00. The first-order valence-electron chi connectivity index (χ1n) is 6.12. The fourth-order valence-corrected chi connectivity index (χ4v) is 2.94. The van der Waals surface area contributed by atoms with Crippen molar-refractivity contribution in [1.82, 2.24) is 9.78 Å². The molecule has 4 nitrogen and oxygen atoms in total. The van der Waals surface area contributed by atoms with Gasteiger partial charge in [-0.05, 0) is 42.1 Å². The lowest BCUT2D eigenvalue weighted by Crippen LogP contribution is -2.32. The van der Waals surface area contributed by atoms with Gasteiger partial charge in [0.15, 0.2) is 0 Å². The fourth-order valence-electron chi connectivity index (χ4n) is 2.41. The smallest absolute Gasteiger partial charge is 0.0809 e. The average Bonchev–Trinajstić information content (AvgIpc) is 2.83. The molecular weight excluding hydrogens is 282 g/mol. The quantitative estimate of drug-likeness (QED) is 0.934. The van der Waals surface area contributed by atoms with Gasteiger partial charge in [0.05, 0.1) is 28.5 Å². The van der Waals surface area contributed by atoms with Crippen LogP contribution >= 0.6 is 15.9 Å². The van der Waals surface area contributed by atoms with Crippen molar-refractivity contribution in [1.29, 1.82) is 0 Å². The van der Waals surface area contributed by atoms with E-state index < -0.39 is 0 Å². The molecule has 0 aliphatic carbocycles. The average molecular weight is 302 g/mol. The zero-order valence-corrected chi connectivity index (χ0v) is 12.1. The summed E-state index contributed by atoms with van der Waals surface area (Å²) in [6, 6.07) is 0.186. The number of hydrogen-bond acceptors (Lipinski definition) is 3. The molecule has 0 aromatic carbocycles. The molecule has 1 saturated heterocycles. The topological polar surface area (TPSA) is 53.1 Å². The van der Waals surface area contributed by atoms with Crippen LogP contribution in [0.15, 0.2) is 10.7 Å². The van der Waals surface area contributed by atoms with E-state index in [0.29, 0.717) is 12.0 Å². The normalized spacial score (nSPS) is 26.7. The van der Waals surface area contributed by atoms with E-state index in [4.69, 9.17) is 10.5 Å². The highest BCUT2D eigenvalue weighted by atomic mass is 79.9. The van der Waals surface area contributed by atoms with Gasteiger partial charge in [0.25, 0.3) is 0 Å². The molecule has 1 fully saturated rings. The van der Waals surface area contributed by atoms with Crippen LogP contribution in [-0.2, 0) is 4.74 Å². The maximum Gasteiger partial charge on any atom is 0.0809 e. The molecule has 96 valence electrons. The summed E-state index contributed by atoms with van der Waals surface area (Å²) >= 11 is 3.53. The predicted molar refractivity (Wildman–Crippen MR) is 70.8 cm³/mol. The summed E-state index contributed by atoms with van der Waals surface area (Å²) in [6.45, 7) is 7.22. The number of hydrogen-bond donors (Lipinski definition) is 1. The van der Waals surface area contributed by atoms with Gasteiger partial charge in [-0.3, -0.25) is 4.68 Å². The van der Waals surface area contributed by atoms with E-state index in [9.17, 15) is 0 Å². The zero-order chi connectivity index (χ0) is 12.6. The van der Waals surface area contributed by atoms with E-state index in [2.05, 4.69) is 41.8 Å². The highest BCUT2D eigenvalue weighted by molar-refractivity contribution is 9.10. The third kappa shape index (κ3) is 2.41. The number of aromatic nitrogens is 2. The monoisotopic (exact) mass is 301 g/mol. The Morgan fingerprint density at radius 1 is 1.59 bits per heavy atom. The lowest BCUT2D eigenvalue weighted by Gasteiger charge is -2.24. The molecule has 3 unspecified atom stereocenters. The van der Waals surface area contributed by atoms with Crippen LogP contribution in [0.1, 0.15) is 45.0 Å². The van der Waals surface area contributed by atoms with Gasteiger partial charge in [-0.25, -0.2) is 0 Å². The van der Waals surface area contributed by atoms with Gasteiger partial charge in [-0.1, -0.05) is 6.92 Å². The molecule has 1 aromatic rings. The van der Waals surface area contributed by atoms with E-state index >= 15 is 0 Å². The van der Waals surface area contributed by atoms with Crippen molar-refractivity contribution in [3.63, 3.8) is 0 Å². The Labute approximate surface area is 111 Å². The largest absolute Gasteiger partial charge is 0.376 e. The second-order valence-electron chi connectivity index (χ2n) is 5.04. The van der Waals surface area contributed by atoms with Crippen molar-refractivity contribution in [2.24, 2.45) is 11.7 Å². The van der Waals surface area contributed by atoms with Crippen LogP contribution < -0.4 is 5.73 Å². The second-order valence-corrected chi connectivity index (χ2v) is 5.90. The molecule has 1 aliphatic rings. The Morgan fingerprint density at radius 3 is 2.82 bits per heavy atom. The van der Waals surface area contributed by atoms with Gasteiger partial charge < -0.3 is 10.5 Å². The van der Waals surface area contributed by atoms with Gasteiger partial charge in [0, 0.05) is 12.6 Å². The summed E-state index contributed by atoms with van der Waals surface area (Å²) < 4.78 is 8.70. The highest BCUT2D eigenvalue weighted by Crippen LogP contribution is 2.33. The number of nitrogens with two attached hydrogens (primary N) is 1. The molecular formula is C12H20BrN3O. The van der Waals surface area contributed by atoms with Crippen LogP contribution in [0.4, 0.5) is 0 Å². The molecule has 0 spiro atoms. The molecule has 0 bridgehead atoms. The molecule has 3 atom stereocenters. The molecule has 1 aromatic heterocycles. The summed E-state index contributed by atoms with van der Waals surface area (Å²) in [5.74, 6) is 0.507. The molecule has 2 rings (SSSR count). The van der Waals surface area contributed by atoms with E-state index in [-0.39, 0.29) is 12.1 Å². The van der Waals surface area contributed by atoms with Crippen LogP contribution in [0.3, 0.4) is 0 Å². The van der Waals surface area contributed by atoms with Crippen LogP contribution in [0.5, 0.6) is 0 Å². The third-order valence-electron chi connectivity index (χ3n) is 3.39. The first-order valence-corrected chi connectivity index (χ1v) is 6.91. The van der Waals surface area contributed by atoms with Crippen LogP contribution in [0.25, 0.3) is 0 Å². The lowest BCUT2D eigenvalue weighted by molar-refractivity contribution is 0.0695. The maximum atomic E-state index is 6.36. The Bertz CT molecular complexity index is 391. The minimum atomic E-state index is -0.119. The van der Waals surface area contributed by atoms with E-state index in [1.54, 1.807) is 0 Å². The van der Waals surface area contributed by atoms with Crippen LogP contribution in [0, 0.1) is 5.92 Å². The molecule has 2 N–H and O–H groups in total. The minimum absolute atomic E-state index is 0.0977. The Balaban J connectivity index is 2.29. The van der Waals surface area contributed by atoms with Gasteiger partial charge in [-0.15, -0.1) is 0 Å². The van der Waals surface area contributed by atoms with E-state index in [1.807, 2.05) is 10.9 Å². The summed E-state index contributed by atoms with van der Waals surface area (Å²) in [6.07, 6.45) is 3.00. The van der Waals surface area contributed by atoms with Crippen molar-refractivity contribution < 1.29 is 4.74 Å². The molecule has 5 heteroatoms. The summed E-state index contributed by atoms with van der Waals surface area (Å²) in [5.41, 5.74) is 7.40. The molecule has 0 saturated carbocycles. The standard InChI is InChI=1S/C12H20BrN3O/c1-7(2)16-11(9(13)6-15-16)10(14)12-8(3)4-5-17-12/h6-8,10,12H,4-5,14H2,1-3H3. The number of rotatable bonds is 3. The van der Waals surface area contributed by atoms with Gasteiger partial charge in [0.1, 0.15) is 0 Å². The molecule has 0 radical (unpaired) electrons. The SMILES string of the molecule is CC1CCOC1C(N)c1c(Br)cnn1C(C)C.